The zero-order valence-corrected chi connectivity index (χ0v) is 12.0. The molecule has 0 bridgehead atoms. The van der Waals surface area contributed by atoms with E-state index in [1.165, 1.54) is 15.6 Å². The molecule has 0 aliphatic rings. The minimum Gasteiger partial charge on any atom is -0.387 e. The number of benzene rings is 1. The van der Waals surface area contributed by atoms with Gasteiger partial charge in [-0.05, 0) is 28.3 Å². The number of fused-ring (bicyclic) bond motifs is 1. The monoisotopic (exact) mass is 264 g/mol. The van der Waals surface area contributed by atoms with E-state index in [1.54, 1.807) is 18.4 Å². The summed E-state index contributed by atoms with van der Waals surface area (Å²) >= 11 is 1.73. The van der Waals surface area contributed by atoms with Crippen molar-refractivity contribution < 1.29 is 9.84 Å². The van der Waals surface area contributed by atoms with Crippen LogP contribution in [0.3, 0.4) is 0 Å². The third-order valence-electron chi connectivity index (χ3n) is 3.53. The fraction of sp³-hybridized carbons (Fsp3) is 0.467. The lowest BCUT2D eigenvalue weighted by atomic mass is 9.85. The highest BCUT2D eigenvalue weighted by molar-refractivity contribution is 7.17. The normalized spacial score (nSPS) is 15.2. The second kappa shape index (κ2) is 5.39. The summed E-state index contributed by atoms with van der Waals surface area (Å²) in [5, 5.41) is 14.1. The number of methoxy groups -OCH3 is 1. The lowest BCUT2D eigenvalue weighted by molar-refractivity contribution is -0.0634. The Hall–Kier alpha value is -0.900. The van der Waals surface area contributed by atoms with Gasteiger partial charge in [-0.25, -0.2) is 0 Å². The van der Waals surface area contributed by atoms with E-state index in [4.69, 9.17) is 4.74 Å². The Morgan fingerprint density at radius 3 is 2.72 bits per heavy atom. The Morgan fingerprint density at radius 1 is 1.33 bits per heavy atom. The van der Waals surface area contributed by atoms with Gasteiger partial charge in [0.15, 0.2) is 0 Å². The summed E-state index contributed by atoms with van der Waals surface area (Å²) in [5.41, 5.74) is 0.419. The largest absolute Gasteiger partial charge is 0.387 e. The summed E-state index contributed by atoms with van der Waals surface area (Å²) in [6, 6.07) is 8.33. The van der Waals surface area contributed by atoms with E-state index in [1.807, 2.05) is 26.0 Å². The molecule has 1 N–H and O–H groups in total. The maximum Gasteiger partial charge on any atom is 0.0943 e. The lowest BCUT2D eigenvalue weighted by Gasteiger charge is -2.31. The molecule has 1 unspecified atom stereocenters. The van der Waals surface area contributed by atoms with E-state index in [2.05, 4.69) is 17.5 Å². The average molecular weight is 264 g/mol. The van der Waals surface area contributed by atoms with E-state index >= 15 is 0 Å². The van der Waals surface area contributed by atoms with Gasteiger partial charge in [0, 0.05) is 18.2 Å². The Balaban J connectivity index is 2.32. The van der Waals surface area contributed by atoms with Crippen molar-refractivity contribution in [2.45, 2.75) is 25.9 Å². The molecule has 0 aliphatic carbocycles. The van der Waals surface area contributed by atoms with Crippen LogP contribution in [0.2, 0.25) is 0 Å². The number of hydrogen-bond donors (Lipinski definition) is 1. The van der Waals surface area contributed by atoms with Crippen LogP contribution in [-0.2, 0) is 11.2 Å². The maximum atomic E-state index is 10.7. The summed E-state index contributed by atoms with van der Waals surface area (Å²) in [4.78, 5) is 0. The first-order chi connectivity index (χ1) is 8.57. The molecule has 0 saturated heterocycles. The Kier molecular flexibility index (Phi) is 4.05. The first-order valence-corrected chi connectivity index (χ1v) is 7.11. The van der Waals surface area contributed by atoms with Gasteiger partial charge in [0.25, 0.3) is 0 Å². The van der Waals surface area contributed by atoms with Crippen LogP contribution in [0.25, 0.3) is 10.1 Å². The summed E-state index contributed by atoms with van der Waals surface area (Å²) in [5.74, 6) is 0.163. The van der Waals surface area contributed by atoms with E-state index in [0.717, 1.165) is 0 Å². The standard InChI is InChI=1S/C15H20O2S/c1-11(2)15(16,10-17-3)8-12-9-18-14-7-5-4-6-13(12)14/h4-7,9,11,16H,8,10H2,1-3H3. The van der Waals surface area contributed by atoms with Crippen LogP contribution in [0.1, 0.15) is 19.4 Å². The van der Waals surface area contributed by atoms with Crippen molar-refractivity contribution in [3.63, 3.8) is 0 Å². The third-order valence-corrected chi connectivity index (χ3v) is 4.54. The molecule has 0 aliphatic heterocycles. The molecular weight excluding hydrogens is 244 g/mol. The smallest absolute Gasteiger partial charge is 0.0943 e. The zero-order valence-electron chi connectivity index (χ0n) is 11.1. The molecule has 3 heteroatoms. The summed E-state index contributed by atoms with van der Waals surface area (Å²) in [6.45, 7) is 4.44. The highest BCUT2D eigenvalue weighted by Gasteiger charge is 2.32. The van der Waals surface area contributed by atoms with Crippen molar-refractivity contribution in [1.29, 1.82) is 0 Å². The van der Waals surface area contributed by atoms with Gasteiger partial charge in [0.2, 0.25) is 0 Å². The molecule has 0 amide bonds. The molecule has 2 nitrogen and oxygen atoms in total. The first kappa shape index (κ1) is 13.5. The Labute approximate surface area is 112 Å². The number of hydrogen-bond acceptors (Lipinski definition) is 3. The topological polar surface area (TPSA) is 29.5 Å². The van der Waals surface area contributed by atoms with Gasteiger partial charge in [-0.1, -0.05) is 32.0 Å². The van der Waals surface area contributed by atoms with E-state index in [-0.39, 0.29) is 5.92 Å². The summed E-state index contributed by atoms with van der Waals surface area (Å²) < 4.78 is 6.46. The van der Waals surface area contributed by atoms with E-state index in [0.29, 0.717) is 13.0 Å². The second-order valence-corrected chi connectivity index (χ2v) is 6.04. The van der Waals surface area contributed by atoms with Gasteiger partial charge in [0.05, 0.1) is 12.2 Å². The molecule has 2 aromatic rings. The minimum absolute atomic E-state index is 0.163. The van der Waals surface area contributed by atoms with Crippen molar-refractivity contribution in [3.05, 3.63) is 35.2 Å². The van der Waals surface area contributed by atoms with Crippen LogP contribution in [-0.4, -0.2) is 24.4 Å². The van der Waals surface area contributed by atoms with Crippen LogP contribution >= 0.6 is 11.3 Å². The Morgan fingerprint density at radius 2 is 2.06 bits per heavy atom. The zero-order chi connectivity index (χ0) is 13.2. The predicted octanol–water partition coefficient (Wildman–Crippen LogP) is 3.48. The highest BCUT2D eigenvalue weighted by atomic mass is 32.1. The average Bonchev–Trinajstić information content (AvgIpc) is 2.73. The molecule has 0 saturated carbocycles. The number of thiophene rings is 1. The molecule has 98 valence electrons. The van der Waals surface area contributed by atoms with Crippen LogP contribution in [0, 0.1) is 5.92 Å². The molecule has 0 spiro atoms. The van der Waals surface area contributed by atoms with Crippen LogP contribution in [0.4, 0.5) is 0 Å². The quantitative estimate of drug-likeness (QED) is 0.896. The molecule has 1 aromatic carbocycles. The minimum atomic E-state index is -0.793. The molecule has 2 rings (SSSR count). The first-order valence-electron chi connectivity index (χ1n) is 6.23. The second-order valence-electron chi connectivity index (χ2n) is 5.13. The van der Waals surface area contributed by atoms with Crippen molar-refractivity contribution in [2.75, 3.05) is 13.7 Å². The van der Waals surface area contributed by atoms with Crippen molar-refractivity contribution >= 4 is 21.4 Å². The molecule has 18 heavy (non-hydrogen) atoms. The van der Waals surface area contributed by atoms with Crippen molar-refractivity contribution in [2.24, 2.45) is 5.92 Å². The molecule has 0 fully saturated rings. The van der Waals surface area contributed by atoms with Crippen LogP contribution < -0.4 is 0 Å². The fourth-order valence-corrected chi connectivity index (χ4v) is 3.13. The van der Waals surface area contributed by atoms with Crippen LogP contribution in [0.15, 0.2) is 29.6 Å². The van der Waals surface area contributed by atoms with Gasteiger partial charge >= 0.3 is 0 Å². The number of ether oxygens (including phenoxy) is 1. The van der Waals surface area contributed by atoms with Gasteiger partial charge in [-0.2, -0.15) is 0 Å². The van der Waals surface area contributed by atoms with Gasteiger partial charge < -0.3 is 9.84 Å². The van der Waals surface area contributed by atoms with E-state index < -0.39 is 5.60 Å². The van der Waals surface area contributed by atoms with Gasteiger partial charge in [0.1, 0.15) is 0 Å². The van der Waals surface area contributed by atoms with Crippen molar-refractivity contribution in [3.8, 4) is 0 Å². The molecule has 1 atom stereocenters. The lowest BCUT2D eigenvalue weighted by Crippen LogP contribution is -2.42. The fourth-order valence-electron chi connectivity index (χ4n) is 2.17. The SMILES string of the molecule is COCC(O)(Cc1csc2ccccc12)C(C)C. The predicted molar refractivity (Wildman–Crippen MR) is 77.2 cm³/mol. The third kappa shape index (κ3) is 2.58. The van der Waals surface area contributed by atoms with E-state index in [9.17, 15) is 5.11 Å². The molecule has 0 radical (unpaired) electrons. The van der Waals surface area contributed by atoms with Gasteiger partial charge in [-0.3, -0.25) is 0 Å². The number of aliphatic hydroxyl groups is 1. The highest BCUT2D eigenvalue weighted by Crippen LogP contribution is 2.31. The molecular formula is C15H20O2S. The summed E-state index contributed by atoms with van der Waals surface area (Å²) in [6.07, 6.45) is 0.641. The van der Waals surface area contributed by atoms with Crippen LogP contribution in [0.5, 0.6) is 0 Å². The van der Waals surface area contributed by atoms with Gasteiger partial charge in [-0.15, -0.1) is 11.3 Å². The molecule has 1 aromatic heterocycles. The summed E-state index contributed by atoms with van der Waals surface area (Å²) in [7, 11) is 1.64. The van der Waals surface area contributed by atoms with Crippen molar-refractivity contribution in [1.82, 2.24) is 0 Å². The number of rotatable bonds is 5. The maximum absolute atomic E-state index is 10.7. The molecule has 1 heterocycles. The Bertz CT molecular complexity index is 518.